The molecule has 0 spiro atoms. The fourth-order valence-corrected chi connectivity index (χ4v) is 0.611. The van der Waals surface area contributed by atoms with E-state index in [0.29, 0.717) is 6.61 Å². The predicted octanol–water partition coefficient (Wildman–Crippen LogP) is 0.744. The maximum atomic E-state index is 11.6. The Bertz CT molecular complexity index is 158. The molecule has 3 nitrogen and oxygen atoms in total. The number of rotatable bonds is 6. The average molecular weight is 199 g/mol. The molecule has 6 heteroatoms. The molecule has 0 radical (unpaired) electrons. The Kier molecular flexibility index (Phi) is 5.65. The summed E-state index contributed by atoms with van der Waals surface area (Å²) in [6.07, 6.45) is -4.27. The molecule has 0 aliphatic rings. The monoisotopic (exact) mass is 199 g/mol. The molecule has 0 amide bonds. The number of carbonyl (C=O) groups excluding carboxylic acids is 1. The van der Waals surface area contributed by atoms with Crippen LogP contribution in [0.3, 0.4) is 0 Å². The number of alkyl halides is 3. The van der Waals surface area contributed by atoms with Crippen molar-refractivity contribution < 1.29 is 22.7 Å². The Balaban J connectivity index is 3.37. The zero-order valence-corrected chi connectivity index (χ0v) is 7.28. The first-order chi connectivity index (χ1) is 5.95. The van der Waals surface area contributed by atoms with Gasteiger partial charge in [-0.3, -0.25) is 4.79 Å². The minimum atomic E-state index is -4.27. The van der Waals surface area contributed by atoms with E-state index in [9.17, 15) is 18.0 Å². The van der Waals surface area contributed by atoms with Crippen LogP contribution in [0.1, 0.15) is 6.92 Å². The smallest absolute Gasteiger partial charge is 0.374 e. The van der Waals surface area contributed by atoms with Crippen molar-refractivity contribution in [3.63, 3.8) is 0 Å². The Hall–Kier alpha value is -0.620. The molecule has 13 heavy (non-hydrogen) atoms. The van der Waals surface area contributed by atoms with Gasteiger partial charge in [-0.2, -0.15) is 13.2 Å². The first-order valence-electron chi connectivity index (χ1n) is 3.82. The molecule has 0 aromatic heterocycles. The number of Topliss-reactive ketones (excluding diaryl/α,β-unsaturated/α-hetero) is 1. The number of hydrogen-bond acceptors (Lipinski definition) is 3. The molecule has 0 rings (SSSR count). The van der Waals surface area contributed by atoms with Crippen LogP contribution in [0.5, 0.6) is 0 Å². The normalized spacial score (nSPS) is 11.7. The van der Waals surface area contributed by atoms with Gasteiger partial charge in [0.25, 0.3) is 0 Å². The summed E-state index contributed by atoms with van der Waals surface area (Å²) in [5, 5.41) is 1.98. The number of hydrogen-bond donors (Lipinski definition) is 1. The van der Waals surface area contributed by atoms with Gasteiger partial charge in [0.1, 0.15) is 6.61 Å². The lowest BCUT2D eigenvalue weighted by Gasteiger charge is -2.07. The van der Waals surface area contributed by atoms with Gasteiger partial charge < -0.3 is 10.1 Å². The Labute approximate surface area is 74.3 Å². The van der Waals surface area contributed by atoms with Gasteiger partial charge in [-0.1, -0.05) is 0 Å². The van der Waals surface area contributed by atoms with Gasteiger partial charge >= 0.3 is 6.18 Å². The molecule has 0 saturated heterocycles. The lowest BCUT2D eigenvalue weighted by atomic mass is 10.4. The molecule has 0 aromatic rings. The van der Waals surface area contributed by atoms with Crippen molar-refractivity contribution in [1.82, 2.24) is 5.32 Å². The number of halogens is 3. The van der Waals surface area contributed by atoms with E-state index in [1.807, 2.05) is 5.32 Å². The number of nitrogens with one attached hydrogen (secondary N) is 1. The lowest BCUT2D eigenvalue weighted by molar-refractivity contribution is -0.129. The van der Waals surface area contributed by atoms with Gasteiger partial charge in [-0.15, -0.1) is 0 Å². The molecule has 0 unspecified atom stereocenters. The Morgan fingerprint density at radius 2 is 2.08 bits per heavy atom. The van der Waals surface area contributed by atoms with E-state index in [1.165, 1.54) is 0 Å². The van der Waals surface area contributed by atoms with Crippen molar-refractivity contribution in [3.8, 4) is 0 Å². The van der Waals surface area contributed by atoms with Crippen LogP contribution in [0.25, 0.3) is 0 Å². The van der Waals surface area contributed by atoms with Gasteiger partial charge in [0, 0.05) is 6.61 Å². The first kappa shape index (κ1) is 12.4. The molecular weight excluding hydrogens is 187 g/mol. The lowest BCUT2D eigenvalue weighted by Crippen LogP contribution is -2.34. The molecular formula is C7H12F3NO2. The third-order valence-electron chi connectivity index (χ3n) is 1.11. The summed E-state index contributed by atoms with van der Waals surface area (Å²) in [7, 11) is 0. The van der Waals surface area contributed by atoms with E-state index in [2.05, 4.69) is 0 Å². The van der Waals surface area contributed by atoms with Gasteiger partial charge in [0.2, 0.25) is 0 Å². The zero-order valence-electron chi connectivity index (χ0n) is 7.28. The summed E-state index contributed by atoms with van der Waals surface area (Å²) in [6, 6.07) is 0. The molecule has 78 valence electrons. The van der Waals surface area contributed by atoms with Crippen LogP contribution in [-0.4, -0.2) is 38.3 Å². The molecule has 0 atom stereocenters. The molecule has 0 saturated carbocycles. The van der Waals surface area contributed by atoms with Crippen molar-refractivity contribution in [3.05, 3.63) is 0 Å². The largest absolute Gasteiger partial charge is 0.401 e. The summed E-state index contributed by atoms with van der Waals surface area (Å²) >= 11 is 0. The molecule has 0 aliphatic heterocycles. The summed E-state index contributed by atoms with van der Waals surface area (Å²) in [4.78, 5) is 10.7. The van der Waals surface area contributed by atoms with E-state index >= 15 is 0 Å². The molecule has 0 bridgehead atoms. The Morgan fingerprint density at radius 3 is 2.54 bits per heavy atom. The molecule has 0 aliphatic carbocycles. The highest BCUT2D eigenvalue weighted by molar-refractivity contribution is 5.81. The van der Waals surface area contributed by atoms with E-state index < -0.39 is 12.7 Å². The third-order valence-corrected chi connectivity index (χ3v) is 1.11. The van der Waals surface area contributed by atoms with Crippen molar-refractivity contribution >= 4 is 5.78 Å². The van der Waals surface area contributed by atoms with Crippen LogP contribution < -0.4 is 5.32 Å². The van der Waals surface area contributed by atoms with Crippen LogP contribution in [0.4, 0.5) is 13.2 Å². The quantitative estimate of drug-likeness (QED) is 0.685. The number of ether oxygens (including phenoxy) is 1. The SMILES string of the molecule is CCOCC(=O)CNCC(F)(F)F. The standard InChI is InChI=1S/C7H12F3NO2/c1-2-13-4-6(12)3-11-5-7(8,9)10/h11H,2-5H2,1H3. The minimum Gasteiger partial charge on any atom is -0.374 e. The van der Waals surface area contributed by atoms with Crippen LogP contribution in [0.2, 0.25) is 0 Å². The highest BCUT2D eigenvalue weighted by atomic mass is 19.4. The van der Waals surface area contributed by atoms with Crippen molar-refractivity contribution in [1.29, 1.82) is 0 Å². The molecule has 0 fully saturated rings. The van der Waals surface area contributed by atoms with Crippen LogP contribution in [0, 0.1) is 0 Å². The van der Waals surface area contributed by atoms with Crippen LogP contribution >= 0.6 is 0 Å². The Morgan fingerprint density at radius 1 is 1.46 bits per heavy atom. The molecule has 0 heterocycles. The van der Waals surface area contributed by atoms with Gasteiger partial charge in [0.15, 0.2) is 5.78 Å². The van der Waals surface area contributed by atoms with E-state index in [-0.39, 0.29) is 18.9 Å². The average Bonchev–Trinajstić information content (AvgIpc) is 1.98. The topological polar surface area (TPSA) is 38.3 Å². The molecule has 1 N–H and O–H groups in total. The van der Waals surface area contributed by atoms with Crippen LogP contribution in [-0.2, 0) is 9.53 Å². The number of carbonyl (C=O) groups is 1. The van der Waals surface area contributed by atoms with Crippen LogP contribution in [0.15, 0.2) is 0 Å². The third kappa shape index (κ3) is 9.29. The predicted molar refractivity (Wildman–Crippen MR) is 40.4 cm³/mol. The highest BCUT2D eigenvalue weighted by Crippen LogP contribution is 2.11. The van der Waals surface area contributed by atoms with E-state index in [1.54, 1.807) is 6.92 Å². The second kappa shape index (κ2) is 5.93. The van der Waals surface area contributed by atoms with E-state index in [0.717, 1.165) is 0 Å². The van der Waals surface area contributed by atoms with E-state index in [4.69, 9.17) is 4.74 Å². The molecule has 0 aromatic carbocycles. The number of ketones is 1. The van der Waals surface area contributed by atoms with Crippen molar-refractivity contribution in [2.24, 2.45) is 0 Å². The summed E-state index contributed by atoms with van der Waals surface area (Å²) in [5.74, 6) is -0.383. The van der Waals surface area contributed by atoms with Crippen molar-refractivity contribution in [2.75, 3.05) is 26.3 Å². The summed E-state index contributed by atoms with van der Waals surface area (Å²) in [6.45, 7) is 0.493. The second-order valence-corrected chi connectivity index (χ2v) is 2.39. The van der Waals surface area contributed by atoms with Gasteiger partial charge in [-0.05, 0) is 6.92 Å². The van der Waals surface area contributed by atoms with Crippen molar-refractivity contribution in [2.45, 2.75) is 13.1 Å². The van der Waals surface area contributed by atoms with Gasteiger partial charge in [-0.25, -0.2) is 0 Å². The maximum absolute atomic E-state index is 11.6. The fraction of sp³-hybridized carbons (Fsp3) is 0.857. The minimum absolute atomic E-state index is 0.138. The summed E-state index contributed by atoms with van der Waals surface area (Å²) < 4.78 is 39.4. The highest BCUT2D eigenvalue weighted by Gasteiger charge is 2.26. The zero-order chi connectivity index (χ0) is 10.3. The second-order valence-electron chi connectivity index (χ2n) is 2.39. The summed E-state index contributed by atoms with van der Waals surface area (Å²) in [5.41, 5.74) is 0. The first-order valence-corrected chi connectivity index (χ1v) is 3.82. The van der Waals surface area contributed by atoms with Gasteiger partial charge in [0.05, 0.1) is 13.1 Å². The fourth-order valence-electron chi connectivity index (χ4n) is 0.611. The maximum Gasteiger partial charge on any atom is 0.401 e.